The van der Waals surface area contributed by atoms with E-state index in [0.29, 0.717) is 33.5 Å². The first kappa shape index (κ1) is 22.9. The van der Waals surface area contributed by atoms with Gasteiger partial charge in [-0.25, -0.2) is 0 Å². The van der Waals surface area contributed by atoms with E-state index in [2.05, 4.69) is 31.9 Å². The summed E-state index contributed by atoms with van der Waals surface area (Å²) in [4.78, 5) is 22.2. The summed E-state index contributed by atoms with van der Waals surface area (Å²) in [6.45, 7) is 4.79. The number of hydrogen-bond acceptors (Lipinski definition) is 5. The molecule has 0 aliphatic rings. The summed E-state index contributed by atoms with van der Waals surface area (Å²) < 4.78 is 17.8. The molecular formula is C17H22Br2O7. The van der Waals surface area contributed by atoms with Gasteiger partial charge in [-0.05, 0) is 47.5 Å². The van der Waals surface area contributed by atoms with Gasteiger partial charge in [0.25, 0.3) is 0 Å². The molecule has 9 heteroatoms. The van der Waals surface area contributed by atoms with Crippen LogP contribution in [0, 0.1) is 0 Å². The van der Waals surface area contributed by atoms with Gasteiger partial charge in [-0.2, -0.15) is 0 Å². The fraction of sp³-hybridized carbons (Fsp3) is 0.529. The molecule has 0 bridgehead atoms. The molecule has 7 nitrogen and oxygen atoms in total. The van der Waals surface area contributed by atoms with E-state index >= 15 is 0 Å². The highest BCUT2D eigenvalue weighted by atomic mass is 79.9. The summed E-state index contributed by atoms with van der Waals surface area (Å²) in [6.07, 6.45) is -1.13. The number of benzene rings is 1. The Morgan fingerprint density at radius 3 is 2.00 bits per heavy atom. The number of rotatable bonds is 12. The van der Waals surface area contributed by atoms with Crippen LogP contribution in [0.25, 0.3) is 0 Å². The molecule has 146 valence electrons. The lowest BCUT2D eigenvalue weighted by Gasteiger charge is -2.20. The number of halogens is 2. The zero-order valence-electron chi connectivity index (χ0n) is 14.5. The van der Waals surface area contributed by atoms with Gasteiger partial charge in [0.1, 0.15) is 12.4 Å². The predicted molar refractivity (Wildman–Crippen MR) is 102 cm³/mol. The van der Waals surface area contributed by atoms with Crippen LogP contribution < -0.4 is 4.74 Å². The number of ether oxygens (including phenoxy) is 3. The highest BCUT2D eigenvalue weighted by Gasteiger charge is 2.23. The van der Waals surface area contributed by atoms with Gasteiger partial charge in [0.05, 0.1) is 17.3 Å². The molecule has 1 aromatic carbocycles. The van der Waals surface area contributed by atoms with Crippen LogP contribution in [-0.4, -0.2) is 48.3 Å². The Hall–Kier alpha value is -1.16. The average molecular weight is 498 g/mol. The van der Waals surface area contributed by atoms with E-state index in [1.54, 1.807) is 12.1 Å². The molecular weight excluding hydrogens is 476 g/mol. The van der Waals surface area contributed by atoms with Gasteiger partial charge in [0, 0.05) is 23.6 Å². The van der Waals surface area contributed by atoms with Crippen molar-refractivity contribution in [1.82, 2.24) is 0 Å². The molecule has 0 saturated carbocycles. The van der Waals surface area contributed by atoms with Crippen LogP contribution in [0.15, 0.2) is 21.1 Å². The first-order chi connectivity index (χ1) is 12.3. The summed E-state index contributed by atoms with van der Waals surface area (Å²) in [7, 11) is 0. The maximum Gasteiger partial charge on any atom is 0.303 e. The van der Waals surface area contributed by atoms with Crippen molar-refractivity contribution in [3.05, 3.63) is 26.6 Å². The Kier molecular flexibility index (Phi) is 10.1. The van der Waals surface area contributed by atoms with Crippen LogP contribution in [0.1, 0.15) is 38.2 Å². The molecule has 0 saturated heterocycles. The van der Waals surface area contributed by atoms with Gasteiger partial charge in [0.15, 0.2) is 6.29 Å². The van der Waals surface area contributed by atoms with E-state index in [0.717, 1.165) is 0 Å². The minimum absolute atomic E-state index is 0.143. The standard InChI is InChI=1S/C17H22Br2O7/c1-3-24-17(25-4-2)9-26-14-7-11(12(18)8-13(14)19)10(5-15(20)21)6-16(22)23/h7-8,10,17H,3-6,9H2,1-2H3,(H,20,21)(H,22,23). The average Bonchev–Trinajstić information content (AvgIpc) is 2.52. The van der Waals surface area contributed by atoms with E-state index in [1.165, 1.54) is 0 Å². The maximum absolute atomic E-state index is 11.1. The van der Waals surface area contributed by atoms with Crippen molar-refractivity contribution in [2.45, 2.75) is 38.9 Å². The van der Waals surface area contributed by atoms with Crippen molar-refractivity contribution < 1.29 is 34.0 Å². The van der Waals surface area contributed by atoms with Gasteiger partial charge in [-0.3, -0.25) is 9.59 Å². The molecule has 0 aliphatic heterocycles. The second-order valence-electron chi connectivity index (χ2n) is 5.35. The second kappa shape index (κ2) is 11.5. The smallest absolute Gasteiger partial charge is 0.303 e. The number of carbonyl (C=O) groups is 2. The largest absolute Gasteiger partial charge is 0.487 e. The van der Waals surface area contributed by atoms with Crippen molar-refractivity contribution in [3.8, 4) is 5.75 Å². The topological polar surface area (TPSA) is 102 Å². The summed E-state index contributed by atoms with van der Waals surface area (Å²) >= 11 is 6.76. The lowest BCUT2D eigenvalue weighted by molar-refractivity contribution is -0.152. The first-order valence-corrected chi connectivity index (χ1v) is 9.65. The van der Waals surface area contributed by atoms with Crippen LogP contribution in [0.4, 0.5) is 0 Å². The second-order valence-corrected chi connectivity index (χ2v) is 7.06. The van der Waals surface area contributed by atoms with Crippen molar-refractivity contribution in [1.29, 1.82) is 0 Å². The molecule has 0 spiro atoms. The van der Waals surface area contributed by atoms with E-state index in [1.807, 2.05) is 13.8 Å². The van der Waals surface area contributed by atoms with Crippen LogP contribution in [0.2, 0.25) is 0 Å². The highest BCUT2D eigenvalue weighted by Crippen LogP contribution is 2.38. The molecule has 2 N–H and O–H groups in total. The van der Waals surface area contributed by atoms with Gasteiger partial charge < -0.3 is 24.4 Å². The maximum atomic E-state index is 11.1. The van der Waals surface area contributed by atoms with E-state index in [9.17, 15) is 9.59 Å². The molecule has 0 fully saturated rings. The van der Waals surface area contributed by atoms with Crippen molar-refractivity contribution in [2.24, 2.45) is 0 Å². The van der Waals surface area contributed by atoms with Crippen molar-refractivity contribution in [2.75, 3.05) is 19.8 Å². The van der Waals surface area contributed by atoms with E-state index in [4.69, 9.17) is 24.4 Å². The molecule has 0 atom stereocenters. The van der Waals surface area contributed by atoms with Crippen LogP contribution in [-0.2, 0) is 19.1 Å². The number of carboxylic acids is 2. The summed E-state index contributed by atoms with van der Waals surface area (Å²) in [5.74, 6) is -2.37. The zero-order valence-corrected chi connectivity index (χ0v) is 17.7. The monoisotopic (exact) mass is 496 g/mol. The summed E-state index contributed by atoms with van der Waals surface area (Å²) in [5.41, 5.74) is 0.553. The molecule has 0 amide bonds. The molecule has 1 aromatic rings. The van der Waals surface area contributed by atoms with E-state index < -0.39 is 24.1 Å². The highest BCUT2D eigenvalue weighted by molar-refractivity contribution is 9.11. The molecule has 0 aliphatic carbocycles. The zero-order chi connectivity index (χ0) is 19.7. The minimum Gasteiger partial charge on any atom is -0.487 e. The molecule has 1 rings (SSSR count). The quantitative estimate of drug-likeness (QED) is 0.420. The Morgan fingerprint density at radius 2 is 1.54 bits per heavy atom. The fourth-order valence-corrected chi connectivity index (χ4v) is 3.79. The molecule has 26 heavy (non-hydrogen) atoms. The third kappa shape index (κ3) is 7.61. The summed E-state index contributed by atoms with van der Waals surface area (Å²) in [6, 6.07) is 3.34. The number of aliphatic carboxylic acids is 2. The van der Waals surface area contributed by atoms with Crippen molar-refractivity contribution in [3.63, 3.8) is 0 Å². The van der Waals surface area contributed by atoms with Crippen LogP contribution in [0.3, 0.4) is 0 Å². The van der Waals surface area contributed by atoms with Gasteiger partial charge >= 0.3 is 11.9 Å². The van der Waals surface area contributed by atoms with Crippen LogP contribution >= 0.6 is 31.9 Å². The van der Waals surface area contributed by atoms with Crippen molar-refractivity contribution >= 4 is 43.8 Å². The SMILES string of the molecule is CCOC(COc1cc(C(CC(=O)O)CC(=O)O)c(Br)cc1Br)OCC. The predicted octanol–water partition coefficient (Wildman–Crippen LogP) is 4.02. The normalized spacial score (nSPS) is 11.2. The van der Waals surface area contributed by atoms with Gasteiger partial charge in [-0.1, -0.05) is 15.9 Å². The first-order valence-electron chi connectivity index (χ1n) is 8.06. The Bertz CT molecular complexity index is 599. The Morgan fingerprint density at radius 1 is 1.00 bits per heavy atom. The Balaban J connectivity index is 3.05. The molecule has 0 heterocycles. The lowest BCUT2D eigenvalue weighted by atomic mass is 9.92. The van der Waals surface area contributed by atoms with Gasteiger partial charge in [0.2, 0.25) is 0 Å². The Labute approximate surface area is 168 Å². The minimum atomic E-state index is -1.07. The molecule has 0 aromatic heterocycles. The van der Waals surface area contributed by atoms with E-state index in [-0.39, 0.29) is 19.4 Å². The number of carboxylic acid groups (broad SMARTS) is 2. The lowest BCUT2D eigenvalue weighted by Crippen LogP contribution is -2.25. The molecule has 0 unspecified atom stereocenters. The summed E-state index contributed by atoms with van der Waals surface area (Å²) in [5, 5.41) is 18.2. The van der Waals surface area contributed by atoms with Gasteiger partial charge in [-0.15, -0.1) is 0 Å². The van der Waals surface area contributed by atoms with Crippen LogP contribution in [0.5, 0.6) is 5.75 Å². The molecule has 0 radical (unpaired) electrons. The fourth-order valence-electron chi connectivity index (χ4n) is 2.36. The third-order valence-electron chi connectivity index (χ3n) is 3.41. The number of hydrogen-bond donors (Lipinski definition) is 2. The third-order valence-corrected chi connectivity index (χ3v) is 4.72.